The van der Waals surface area contributed by atoms with Gasteiger partial charge in [0.2, 0.25) is 0 Å². The summed E-state index contributed by atoms with van der Waals surface area (Å²) in [6, 6.07) is 0. The Morgan fingerprint density at radius 3 is 2.62 bits per heavy atom. The third-order valence-corrected chi connectivity index (χ3v) is 3.73. The number of hydrogen-bond acceptors (Lipinski definition) is 3. The number of rotatable bonds is 4. The lowest BCUT2D eigenvalue weighted by Gasteiger charge is -2.34. The fraction of sp³-hybridized carbons (Fsp3) is 0.833. The summed E-state index contributed by atoms with van der Waals surface area (Å²) in [6.45, 7) is 6.60. The number of nitrogens with one attached hydrogen (secondary N) is 2. The Kier molecular flexibility index (Phi) is 3.59. The molecule has 1 fully saturated rings. The van der Waals surface area contributed by atoms with Crippen molar-refractivity contribution >= 4 is 0 Å². The SMILES string of the molecule is CCCc1nc(C2(CC)CCNCC2)n[nH]1. The maximum absolute atomic E-state index is 4.67. The van der Waals surface area contributed by atoms with Crippen molar-refractivity contribution in [1.82, 2.24) is 20.5 Å². The van der Waals surface area contributed by atoms with E-state index in [0.717, 1.165) is 56.8 Å². The molecule has 2 N–H and O–H groups in total. The van der Waals surface area contributed by atoms with Crippen LogP contribution >= 0.6 is 0 Å². The van der Waals surface area contributed by atoms with Gasteiger partial charge in [-0.25, -0.2) is 4.98 Å². The van der Waals surface area contributed by atoms with Crippen LogP contribution in [0.15, 0.2) is 0 Å². The van der Waals surface area contributed by atoms with Crippen LogP contribution in [0.5, 0.6) is 0 Å². The predicted molar refractivity (Wildman–Crippen MR) is 64.5 cm³/mol. The second-order valence-electron chi connectivity index (χ2n) is 4.74. The Labute approximate surface area is 97.2 Å². The third-order valence-electron chi connectivity index (χ3n) is 3.73. The molecular formula is C12H22N4. The first-order chi connectivity index (χ1) is 7.80. The molecule has 2 rings (SSSR count). The average molecular weight is 222 g/mol. The van der Waals surface area contributed by atoms with Gasteiger partial charge in [0, 0.05) is 11.8 Å². The number of piperidine rings is 1. The van der Waals surface area contributed by atoms with E-state index in [0.29, 0.717) is 0 Å². The Morgan fingerprint density at radius 2 is 2.00 bits per heavy atom. The van der Waals surface area contributed by atoms with E-state index in [1.165, 1.54) is 0 Å². The largest absolute Gasteiger partial charge is 0.317 e. The highest BCUT2D eigenvalue weighted by Crippen LogP contribution is 2.34. The van der Waals surface area contributed by atoms with Crippen LogP contribution in [-0.4, -0.2) is 28.3 Å². The minimum atomic E-state index is 0.216. The van der Waals surface area contributed by atoms with Gasteiger partial charge in [-0.2, -0.15) is 5.10 Å². The van der Waals surface area contributed by atoms with Crippen molar-refractivity contribution in [3.05, 3.63) is 11.6 Å². The van der Waals surface area contributed by atoms with Gasteiger partial charge < -0.3 is 5.32 Å². The van der Waals surface area contributed by atoms with Gasteiger partial charge in [0.1, 0.15) is 5.82 Å². The monoisotopic (exact) mass is 222 g/mol. The van der Waals surface area contributed by atoms with Crippen LogP contribution in [0.2, 0.25) is 0 Å². The van der Waals surface area contributed by atoms with Crippen molar-refractivity contribution in [2.45, 2.75) is 51.4 Å². The van der Waals surface area contributed by atoms with Crippen molar-refractivity contribution in [1.29, 1.82) is 0 Å². The van der Waals surface area contributed by atoms with Crippen molar-refractivity contribution < 1.29 is 0 Å². The van der Waals surface area contributed by atoms with E-state index in [4.69, 9.17) is 0 Å². The molecular weight excluding hydrogens is 200 g/mol. The highest BCUT2D eigenvalue weighted by atomic mass is 15.2. The molecule has 1 saturated heterocycles. The van der Waals surface area contributed by atoms with E-state index >= 15 is 0 Å². The van der Waals surface area contributed by atoms with Crippen LogP contribution in [0.25, 0.3) is 0 Å². The van der Waals surface area contributed by atoms with Gasteiger partial charge in [-0.05, 0) is 38.8 Å². The Hall–Kier alpha value is -0.900. The number of nitrogens with zero attached hydrogens (tertiary/aromatic N) is 2. The zero-order valence-corrected chi connectivity index (χ0v) is 10.3. The van der Waals surface area contributed by atoms with Gasteiger partial charge in [-0.3, -0.25) is 5.10 Å². The van der Waals surface area contributed by atoms with Gasteiger partial charge >= 0.3 is 0 Å². The van der Waals surface area contributed by atoms with E-state index in [1.807, 2.05) is 0 Å². The molecule has 0 atom stereocenters. The molecule has 0 aromatic carbocycles. The third kappa shape index (κ3) is 2.12. The summed E-state index contributed by atoms with van der Waals surface area (Å²) in [5.41, 5.74) is 0.216. The molecule has 0 aliphatic carbocycles. The molecule has 90 valence electrons. The standard InChI is InChI=1S/C12H22N4/c1-3-5-10-14-11(16-15-10)12(4-2)6-8-13-9-7-12/h13H,3-9H2,1-2H3,(H,14,15,16). The fourth-order valence-electron chi connectivity index (χ4n) is 2.52. The minimum absolute atomic E-state index is 0.216. The molecule has 16 heavy (non-hydrogen) atoms. The maximum atomic E-state index is 4.67. The van der Waals surface area contributed by atoms with E-state index < -0.39 is 0 Å². The summed E-state index contributed by atoms with van der Waals surface area (Å²) in [6.07, 6.45) is 5.58. The van der Waals surface area contributed by atoms with Crippen LogP contribution < -0.4 is 5.32 Å². The lowest BCUT2D eigenvalue weighted by molar-refractivity contribution is 0.283. The molecule has 0 radical (unpaired) electrons. The summed E-state index contributed by atoms with van der Waals surface area (Å²) in [7, 11) is 0. The molecule has 4 nitrogen and oxygen atoms in total. The average Bonchev–Trinajstić information content (AvgIpc) is 2.80. The second kappa shape index (κ2) is 4.95. The zero-order valence-electron chi connectivity index (χ0n) is 10.3. The molecule has 1 aliphatic rings. The Morgan fingerprint density at radius 1 is 1.25 bits per heavy atom. The molecule has 0 saturated carbocycles. The topological polar surface area (TPSA) is 53.6 Å². The van der Waals surface area contributed by atoms with Crippen LogP contribution in [0.4, 0.5) is 0 Å². The van der Waals surface area contributed by atoms with Gasteiger partial charge in [0.15, 0.2) is 5.82 Å². The first kappa shape index (κ1) is 11.6. The van der Waals surface area contributed by atoms with E-state index in [-0.39, 0.29) is 5.41 Å². The summed E-state index contributed by atoms with van der Waals surface area (Å²) in [4.78, 5) is 4.67. The molecule has 2 heterocycles. The smallest absolute Gasteiger partial charge is 0.156 e. The number of aromatic nitrogens is 3. The molecule has 0 amide bonds. The van der Waals surface area contributed by atoms with E-state index in [1.54, 1.807) is 0 Å². The van der Waals surface area contributed by atoms with Crippen LogP contribution in [-0.2, 0) is 11.8 Å². The van der Waals surface area contributed by atoms with Crippen molar-refractivity contribution in [3.63, 3.8) is 0 Å². The van der Waals surface area contributed by atoms with Gasteiger partial charge in [-0.1, -0.05) is 13.8 Å². The molecule has 0 unspecified atom stereocenters. The van der Waals surface area contributed by atoms with Crippen LogP contribution in [0, 0.1) is 0 Å². The first-order valence-electron chi connectivity index (χ1n) is 6.43. The molecule has 0 bridgehead atoms. The highest BCUT2D eigenvalue weighted by molar-refractivity contribution is 5.10. The number of hydrogen-bond donors (Lipinski definition) is 2. The van der Waals surface area contributed by atoms with Crippen molar-refractivity contribution in [2.24, 2.45) is 0 Å². The van der Waals surface area contributed by atoms with Crippen LogP contribution in [0.3, 0.4) is 0 Å². The number of aromatic amines is 1. The number of aryl methyl sites for hydroxylation is 1. The Balaban J connectivity index is 2.18. The van der Waals surface area contributed by atoms with E-state index in [9.17, 15) is 0 Å². The second-order valence-corrected chi connectivity index (χ2v) is 4.74. The van der Waals surface area contributed by atoms with Gasteiger partial charge in [0.25, 0.3) is 0 Å². The van der Waals surface area contributed by atoms with E-state index in [2.05, 4.69) is 34.3 Å². The van der Waals surface area contributed by atoms with Crippen LogP contribution in [0.1, 0.15) is 51.2 Å². The summed E-state index contributed by atoms with van der Waals surface area (Å²) >= 11 is 0. The normalized spacial score (nSPS) is 19.9. The maximum Gasteiger partial charge on any atom is 0.156 e. The lowest BCUT2D eigenvalue weighted by Crippen LogP contribution is -2.40. The molecule has 4 heteroatoms. The molecule has 0 spiro atoms. The molecule has 1 aromatic heterocycles. The fourth-order valence-corrected chi connectivity index (χ4v) is 2.52. The summed E-state index contributed by atoms with van der Waals surface area (Å²) in [5, 5.41) is 10.9. The quantitative estimate of drug-likeness (QED) is 0.816. The van der Waals surface area contributed by atoms with Crippen molar-refractivity contribution in [2.75, 3.05) is 13.1 Å². The van der Waals surface area contributed by atoms with Crippen molar-refractivity contribution in [3.8, 4) is 0 Å². The Bertz CT molecular complexity index is 326. The minimum Gasteiger partial charge on any atom is -0.317 e. The molecule has 1 aromatic rings. The summed E-state index contributed by atoms with van der Waals surface area (Å²) < 4.78 is 0. The molecule has 1 aliphatic heterocycles. The number of H-pyrrole nitrogens is 1. The predicted octanol–water partition coefficient (Wildman–Crippen LogP) is 1.79. The highest BCUT2D eigenvalue weighted by Gasteiger charge is 2.35. The zero-order chi connectivity index (χ0) is 11.4. The summed E-state index contributed by atoms with van der Waals surface area (Å²) in [5.74, 6) is 2.09. The van der Waals surface area contributed by atoms with Gasteiger partial charge in [-0.15, -0.1) is 0 Å². The van der Waals surface area contributed by atoms with Gasteiger partial charge in [0.05, 0.1) is 0 Å². The first-order valence-corrected chi connectivity index (χ1v) is 6.43. The lowest BCUT2D eigenvalue weighted by atomic mass is 9.76.